The SMILES string of the molecule is CN(C1CCCc2c(OCC(=O)O)cccc21)S(=O)(=O)c1cc(C(C)(F)F)cc(C(F)(F)F)c1. The standard InChI is InChI=1S/C22H22F5NO5S/c1-21(23,24)13-9-14(22(25,26)27)11-15(10-13)34(31,32)28(2)18-7-3-6-17-16(18)5-4-8-19(17)33-12-20(29)30/h4-5,8-11,18H,3,6-7,12H2,1-2H3,(H,29,30). The number of carbonyl (C=O) groups is 1. The van der Waals surface area contributed by atoms with E-state index in [1.807, 2.05) is 0 Å². The van der Waals surface area contributed by atoms with Gasteiger partial charge in [-0.3, -0.25) is 0 Å². The van der Waals surface area contributed by atoms with Crippen molar-refractivity contribution in [3.63, 3.8) is 0 Å². The second-order valence-electron chi connectivity index (χ2n) is 8.07. The Bertz CT molecular complexity index is 1160. The maximum absolute atomic E-state index is 13.9. The molecule has 3 rings (SSSR count). The normalized spacial score (nSPS) is 16.9. The summed E-state index contributed by atoms with van der Waals surface area (Å²) in [6.45, 7) is -0.216. The lowest BCUT2D eigenvalue weighted by molar-refractivity contribution is -0.139. The lowest BCUT2D eigenvalue weighted by Crippen LogP contribution is -2.34. The van der Waals surface area contributed by atoms with Crippen LogP contribution in [-0.2, 0) is 33.3 Å². The number of carboxylic acids is 1. The summed E-state index contributed by atoms with van der Waals surface area (Å²) < 4.78 is 101. The zero-order valence-electron chi connectivity index (χ0n) is 18.2. The van der Waals surface area contributed by atoms with Crippen molar-refractivity contribution < 1.29 is 45.0 Å². The third kappa shape index (κ3) is 5.33. The number of nitrogens with zero attached hydrogens (tertiary/aromatic N) is 1. The molecule has 34 heavy (non-hydrogen) atoms. The van der Waals surface area contributed by atoms with Gasteiger partial charge in [-0.25, -0.2) is 22.0 Å². The molecule has 12 heteroatoms. The molecule has 186 valence electrons. The number of alkyl halides is 5. The number of benzene rings is 2. The number of hydrogen-bond donors (Lipinski definition) is 1. The van der Waals surface area contributed by atoms with Gasteiger partial charge in [0.25, 0.3) is 5.92 Å². The van der Waals surface area contributed by atoms with Crippen LogP contribution in [0.25, 0.3) is 0 Å². The molecule has 0 saturated heterocycles. The van der Waals surface area contributed by atoms with Crippen molar-refractivity contribution in [1.82, 2.24) is 4.31 Å². The van der Waals surface area contributed by atoms with Crippen LogP contribution >= 0.6 is 0 Å². The van der Waals surface area contributed by atoms with Crippen molar-refractivity contribution in [1.29, 1.82) is 0 Å². The Morgan fingerprint density at radius 3 is 2.38 bits per heavy atom. The number of ether oxygens (including phenoxy) is 1. The highest BCUT2D eigenvalue weighted by atomic mass is 32.2. The van der Waals surface area contributed by atoms with Gasteiger partial charge in [0.15, 0.2) is 6.61 Å². The summed E-state index contributed by atoms with van der Waals surface area (Å²) in [5, 5.41) is 8.87. The lowest BCUT2D eigenvalue weighted by Gasteiger charge is -2.33. The van der Waals surface area contributed by atoms with Gasteiger partial charge in [0.05, 0.1) is 16.5 Å². The number of fused-ring (bicyclic) bond motifs is 1. The van der Waals surface area contributed by atoms with E-state index < -0.39 is 56.8 Å². The van der Waals surface area contributed by atoms with Gasteiger partial charge in [-0.15, -0.1) is 0 Å². The maximum Gasteiger partial charge on any atom is 0.416 e. The largest absolute Gasteiger partial charge is 0.482 e. The summed E-state index contributed by atoms with van der Waals surface area (Å²) in [6.07, 6.45) is -3.74. The molecule has 0 aliphatic heterocycles. The Labute approximate surface area is 193 Å². The van der Waals surface area contributed by atoms with Gasteiger partial charge in [-0.05, 0) is 54.7 Å². The summed E-state index contributed by atoms with van der Waals surface area (Å²) in [4.78, 5) is 9.96. The minimum atomic E-state index is -5.03. The van der Waals surface area contributed by atoms with Gasteiger partial charge in [0.1, 0.15) is 5.75 Å². The first kappa shape index (κ1) is 25.9. The number of sulfonamides is 1. The number of hydrogen-bond acceptors (Lipinski definition) is 4. The first-order valence-electron chi connectivity index (χ1n) is 10.2. The summed E-state index contributed by atoms with van der Waals surface area (Å²) >= 11 is 0. The molecular formula is C22H22F5NO5S. The first-order chi connectivity index (χ1) is 15.6. The molecule has 1 aliphatic carbocycles. The molecule has 1 unspecified atom stereocenters. The van der Waals surface area contributed by atoms with E-state index in [0.717, 1.165) is 4.31 Å². The topological polar surface area (TPSA) is 83.9 Å². The fourth-order valence-corrected chi connectivity index (χ4v) is 5.38. The average molecular weight is 507 g/mol. The summed E-state index contributed by atoms with van der Waals surface area (Å²) in [6, 6.07) is 5.03. The molecule has 6 nitrogen and oxygen atoms in total. The predicted molar refractivity (Wildman–Crippen MR) is 111 cm³/mol. The van der Waals surface area contributed by atoms with Crippen LogP contribution in [0, 0.1) is 0 Å². The number of aliphatic carboxylic acids is 1. The molecule has 0 fully saturated rings. The van der Waals surface area contributed by atoms with Crippen LogP contribution in [0.2, 0.25) is 0 Å². The van der Waals surface area contributed by atoms with E-state index in [1.54, 1.807) is 18.2 Å². The van der Waals surface area contributed by atoms with Crippen molar-refractivity contribution >= 4 is 16.0 Å². The fraction of sp³-hybridized carbons (Fsp3) is 0.409. The summed E-state index contributed by atoms with van der Waals surface area (Å²) in [5.74, 6) is -4.63. The summed E-state index contributed by atoms with van der Waals surface area (Å²) in [5.41, 5.74) is -1.46. The molecule has 0 radical (unpaired) electrons. The van der Waals surface area contributed by atoms with Crippen LogP contribution < -0.4 is 4.74 Å². The Hall–Kier alpha value is -2.73. The van der Waals surface area contributed by atoms with Crippen molar-refractivity contribution in [3.8, 4) is 5.75 Å². The molecule has 2 aromatic carbocycles. The van der Waals surface area contributed by atoms with E-state index in [2.05, 4.69) is 0 Å². The second-order valence-corrected chi connectivity index (χ2v) is 10.1. The van der Waals surface area contributed by atoms with Gasteiger partial charge in [-0.1, -0.05) is 12.1 Å². The van der Waals surface area contributed by atoms with Crippen LogP contribution in [0.4, 0.5) is 22.0 Å². The van der Waals surface area contributed by atoms with Crippen molar-refractivity contribution in [2.75, 3.05) is 13.7 Å². The third-order valence-corrected chi connectivity index (χ3v) is 7.48. The van der Waals surface area contributed by atoms with Crippen LogP contribution in [0.1, 0.15) is 48.1 Å². The molecule has 0 heterocycles. The first-order valence-corrected chi connectivity index (χ1v) is 11.6. The zero-order valence-corrected chi connectivity index (χ0v) is 19.0. The van der Waals surface area contributed by atoms with Crippen molar-refractivity contribution in [2.24, 2.45) is 0 Å². The number of carboxylic acid groups (broad SMARTS) is 1. The Kier molecular flexibility index (Phi) is 6.96. The molecule has 2 aromatic rings. The Morgan fingerprint density at radius 2 is 1.79 bits per heavy atom. The van der Waals surface area contributed by atoms with Crippen LogP contribution in [0.3, 0.4) is 0 Å². The zero-order chi connectivity index (χ0) is 25.5. The molecule has 0 bridgehead atoms. The highest BCUT2D eigenvalue weighted by Gasteiger charge is 2.38. The quantitative estimate of drug-likeness (QED) is 0.535. The lowest BCUT2D eigenvalue weighted by atomic mass is 9.87. The monoisotopic (exact) mass is 507 g/mol. The highest BCUT2D eigenvalue weighted by molar-refractivity contribution is 7.89. The third-order valence-electron chi connectivity index (χ3n) is 5.64. The van der Waals surface area contributed by atoms with E-state index in [1.165, 1.54) is 7.05 Å². The molecule has 1 atom stereocenters. The highest BCUT2D eigenvalue weighted by Crippen LogP contribution is 2.42. The van der Waals surface area contributed by atoms with Gasteiger partial charge in [0.2, 0.25) is 10.0 Å². The molecule has 1 N–H and O–H groups in total. The molecule has 0 saturated carbocycles. The van der Waals surface area contributed by atoms with Gasteiger partial charge < -0.3 is 9.84 Å². The van der Waals surface area contributed by atoms with E-state index in [9.17, 15) is 35.2 Å². The second kappa shape index (κ2) is 9.14. The molecule has 1 aliphatic rings. The van der Waals surface area contributed by atoms with Crippen LogP contribution in [0.5, 0.6) is 5.75 Å². The smallest absolute Gasteiger partial charge is 0.416 e. The predicted octanol–water partition coefficient (Wildman–Crippen LogP) is 4.98. The number of halogens is 5. The molecular weight excluding hydrogens is 485 g/mol. The van der Waals surface area contributed by atoms with Crippen LogP contribution in [-0.4, -0.2) is 37.5 Å². The summed E-state index contributed by atoms with van der Waals surface area (Å²) in [7, 11) is -3.45. The maximum atomic E-state index is 13.9. The number of rotatable bonds is 7. The van der Waals surface area contributed by atoms with Gasteiger partial charge >= 0.3 is 12.1 Å². The molecule has 0 amide bonds. The van der Waals surface area contributed by atoms with Crippen LogP contribution in [0.15, 0.2) is 41.3 Å². The van der Waals surface area contributed by atoms with E-state index in [4.69, 9.17) is 9.84 Å². The minimum absolute atomic E-state index is 0.237. The fourth-order valence-electron chi connectivity index (χ4n) is 3.94. The Balaban J connectivity index is 2.06. The van der Waals surface area contributed by atoms with E-state index in [-0.39, 0.29) is 11.8 Å². The van der Waals surface area contributed by atoms with E-state index >= 15 is 0 Å². The van der Waals surface area contributed by atoms with Crippen molar-refractivity contribution in [2.45, 2.75) is 49.2 Å². The average Bonchev–Trinajstić information content (AvgIpc) is 2.75. The molecule has 0 aromatic heterocycles. The minimum Gasteiger partial charge on any atom is -0.482 e. The molecule has 0 spiro atoms. The van der Waals surface area contributed by atoms with Gasteiger partial charge in [-0.2, -0.15) is 17.5 Å². The van der Waals surface area contributed by atoms with E-state index in [0.29, 0.717) is 49.4 Å². The Morgan fingerprint density at radius 1 is 1.15 bits per heavy atom. The van der Waals surface area contributed by atoms with Crippen molar-refractivity contribution in [3.05, 3.63) is 58.7 Å². The van der Waals surface area contributed by atoms with Gasteiger partial charge in [0, 0.05) is 19.5 Å².